The third-order valence-corrected chi connectivity index (χ3v) is 15.3. The molecular formula is C55H87N9O10S2. The van der Waals surface area contributed by atoms with Crippen molar-refractivity contribution in [1.29, 1.82) is 0 Å². The van der Waals surface area contributed by atoms with Gasteiger partial charge in [-0.2, -0.15) is 0 Å². The Labute approximate surface area is 459 Å². The van der Waals surface area contributed by atoms with Crippen LogP contribution in [0.2, 0.25) is 0 Å². The molecule has 0 spiro atoms. The molecule has 0 radical (unpaired) electrons. The second-order valence-corrected chi connectivity index (χ2v) is 20.9. The van der Waals surface area contributed by atoms with Crippen LogP contribution in [-0.2, 0) is 60.4 Å². The first kappa shape index (κ1) is 61.6. The summed E-state index contributed by atoms with van der Waals surface area (Å²) < 4.78 is 54.1. The first-order valence-electron chi connectivity index (χ1n) is 27.7. The summed E-state index contributed by atoms with van der Waals surface area (Å²) in [5, 5.41) is 3.58. The zero-order chi connectivity index (χ0) is 53.3. The Morgan fingerprint density at radius 1 is 0.750 bits per heavy atom. The number of ether oxygens (including phenoxy) is 9. The molecule has 2 fully saturated rings. The van der Waals surface area contributed by atoms with E-state index in [2.05, 4.69) is 54.5 Å². The van der Waals surface area contributed by atoms with Crippen molar-refractivity contribution in [2.75, 3.05) is 177 Å². The number of pyridine rings is 1. The number of hydrogen-bond acceptors (Lipinski definition) is 19. The number of amides is 1. The van der Waals surface area contributed by atoms with Crippen molar-refractivity contribution in [2.45, 2.75) is 88.8 Å². The third kappa shape index (κ3) is 22.6. The minimum Gasteiger partial charge on any atom is -0.383 e. The predicted molar refractivity (Wildman–Crippen MR) is 299 cm³/mol. The van der Waals surface area contributed by atoms with Crippen LogP contribution in [0.4, 0.5) is 5.82 Å². The molecule has 2 aliphatic rings. The SMILES string of the molecule is CCCCc1nc2c(N)nc3cc(C4CCN(CCOCCOCCOCCOCCOCCOCCOCCOCCNC(=O)CCCC#Cc5cnc(SC)nc5)CC4)sc3c2n1CC1CCN(CCOC)CC1. The van der Waals surface area contributed by atoms with E-state index in [1.165, 1.54) is 39.7 Å². The standard InChI is InChI=1S/C55H87N9O10S2/c1-4-5-10-49-61-51-52(64(49)43-44-12-17-62(18-13-44)21-24-66-2)53-47(60-54(51)56)40-48(76-53)46-14-19-63(20-15-46)22-25-68-27-29-70-31-33-72-35-37-74-39-38-73-36-34-71-32-30-69-28-26-67-23-16-57-50(65)11-8-6-7-9-45-41-58-55(75-3)59-42-45/h40-42,44,46H,4-6,8,10-39,43H2,1-3H3,(H2,56,60)(H,57,65). The number of likely N-dealkylation sites (tertiary alicyclic amines) is 2. The Morgan fingerprint density at radius 2 is 1.30 bits per heavy atom. The van der Waals surface area contributed by atoms with Crippen molar-refractivity contribution in [3.05, 3.63) is 34.7 Å². The molecule has 76 heavy (non-hydrogen) atoms. The van der Waals surface area contributed by atoms with E-state index in [4.69, 9.17) is 58.3 Å². The Balaban J connectivity index is 0.686. The van der Waals surface area contributed by atoms with Gasteiger partial charge in [0.25, 0.3) is 0 Å². The summed E-state index contributed by atoms with van der Waals surface area (Å²) in [5.41, 5.74) is 10.5. The topological polar surface area (TPSA) is 201 Å². The normalized spacial score (nSPS) is 15.0. The molecule has 4 aromatic heterocycles. The summed E-state index contributed by atoms with van der Waals surface area (Å²) in [6.45, 7) is 18.9. The average molecular weight is 1100 g/mol. The number of fused-ring (bicyclic) bond motifs is 3. The van der Waals surface area contributed by atoms with E-state index in [1.807, 2.05) is 17.6 Å². The number of aromatic nitrogens is 5. The van der Waals surface area contributed by atoms with Crippen LogP contribution < -0.4 is 11.1 Å². The van der Waals surface area contributed by atoms with Gasteiger partial charge in [-0.15, -0.1) is 11.3 Å². The zero-order valence-electron chi connectivity index (χ0n) is 45.7. The van der Waals surface area contributed by atoms with Crippen LogP contribution in [0.3, 0.4) is 0 Å². The Morgan fingerprint density at radius 3 is 1.87 bits per heavy atom. The summed E-state index contributed by atoms with van der Waals surface area (Å²) in [7, 11) is 1.78. The second-order valence-electron chi connectivity index (χ2n) is 19.1. The quantitative estimate of drug-likeness (QED) is 0.0224. The van der Waals surface area contributed by atoms with Crippen molar-refractivity contribution in [1.82, 2.24) is 39.6 Å². The van der Waals surface area contributed by atoms with Gasteiger partial charge in [-0.3, -0.25) is 4.79 Å². The third-order valence-electron chi connectivity index (χ3n) is 13.5. The van der Waals surface area contributed by atoms with Crippen LogP contribution in [0, 0.1) is 17.8 Å². The monoisotopic (exact) mass is 1100 g/mol. The fourth-order valence-corrected chi connectivity index (χ4v) is 10.8. The van der Waals surface area contributed by atoms with Gasteiger partial charge in [0.15, 0.2) is 11.0 Å². The van der Waals surface area contributed by atoms with Crippen LogP contribution in [0.25, 0.3) is 21.3 Å². The maximum absolute atomic E-state index is 12.0. The molecule has 0 aliphatic carbocycles. The van der Waals surface area contributed by atoms with Crippen LogP contribution >= 0.6 is 23.1 Å². The predicted octanol–water partition coefficient (Wildman–Crippen LogP) is 6.09. The van der Waals surface area contributed by atoms with Crippen LogP contribution in [0.1, 0.15) is 86.9 Å². The van der Waals surface area contributed by atoms with Crippen molar-refractivity contribution >= 4 is 56.1 Å². The second kappa shape index (κ2) is 37.3. The van der Waals surface area contributed by atoms with Crippen LogP contribution in [0.15, 0.2) is 23.6 Å². The van der Waals surface area contributed by atoms with Crippen LogP contribution in [0.5, 0.6) is 0 Å². The van der Waals surface area contributed by atoms with Gasteiger partial charge in [0.2, 0.25) is 5.91 Å². The van der Waals surface area contributed by atoms with Crippen molar-refractivity contribution < 1.29 is 47.4 Å². The highest BCUT2D eigenvalue weighted by molar-refractivity contribution is 7.98. The number of thioether (sulfide) groups is 1. The number of carbonyl (C=O) groups excluding carboxylic acids is 1. The summed E-state index contributed by atoms with van der Waals surface area (Å²) in [4.78, 5) is 36.9. The molecule has 21 heteroatoms. The highest BCUT2D eigenvalue weighted by atomic mass is 32.2. The van der Waals surface area contributed by atoms with E-state index in [-0.39, 0.29) is 5.91 Å². The van der Waals surface area contributed by atoms with Gasteiger partial charge in [-0.25, -0.2) is 19.9 Å². The van der Waals surface area contributed by atoms with Crippen molar-refractivity contribution in [2.24, 2.45) is 5.92 Å². The molecule has 0 bridgehead atoms. The molecular weight excluding hydrogens is 1010 g/mol. The molecule has 19 nitrogen and oxygen atoms in total. The number of nitrogens with one attached hydrogen (secondary N) is 1. The highest BCUT2D eigenvalue weighted by Crippen LogP contribution is 2.41. The highest BCUT2D eigenvalue weighted by Gasteiger charge is 2.27. The van der Waals surface area contributed by atoms with E-state index in [1.54, 1.807) is 19.5 Å². The molecule has 0 aromatic carbocycles. The number of anilines is 1. The van der Waals surface area contributed by atoms with Crippen molar-refractivity contribution in [3.8, 4) is 11.8 Å². The minimum absolute atomic E-state index is 0.00839. The van der Waals surface area contributed by atoms with Crippen LogP contribution in [-0.4, -0.2) is 212 Å². The maximum atomic E-state index is 12.0. The molecule has 0 unspecified atom stereocenters. The number of hydrogen-bond donors (Lipinski definition) is 2. The molecule has 2 aliphatic heterocycles. The number of thiophene rings is 1. The van der Waals surface area contributed by atoms with E-state index >= 15 is 0 Å². The number of nitrogens with two attached hydrogens (primary N) is 1. The van der Waals surface area contributed by atoms with E-state index < -0.39 is 0 Å². The van der Waals surface area contributed by atoms with Crippen molar-refractivity contribution in [3.63, 3.8) is 0 Å². The summed E-state index contributed by atoms with van der Waals surface area (Å²) >= 11 is 3.41. The maximum Gasteiger partial charge on any atom is 0.220 e. The number of nitrogen functional groups attached to an aromatic ring is 1. The van der Waals surface area contributed by atoms with Gasteiger partial charge in [0.1, 0.15) is 11.3 Å². The Bertz CT molecular complexity index is 2260. The smallest absolute Gasteiger partial charge is 0.220 e. The van der Waals surface area contributed by atoms with Gasteiger partial charge >= 0.3 is 0 Å². The lowest BCUT2D eigenvalue weighted by molar-refractivity contribution is -0.121. The summed E-state index contributed by atoms with van der Waals surface area (Å²) in [6, 6.07) is 2.31. The molecule has 6 rings (SSSR count). The molecule has 4 aromatic rings. The lowest BCUT2D eigenvalue weighted by Gasteiger charge is -2.32. The fraction of sp³-hybridized carbons (Fsp3) is 0.727. The lowest BCUT2D eigenvalue weighted by Crippen LogP contribution is -2.37. The fourth-order valence-electron chi connectivity index (χ4n) is 9.15. The number of unbranched alkanes of at least 4 members (excludes halogenated alkanes) is 2. The van der Waals surface area contributed by atoms with Gasteiger partial charge < -0.3 is 68.0 Å². The minimum atomic E-state index is -0.00839. The molecule has 2 saturated heterocycles. The van der Waals surface area contributed by atoms with E-state index in [0.29, 0.717) is 149 Å². The summed E-state index contributed by atoms with van der Waals surface area (Å²) in [5.74, 6) is 8.93. The largest absolute Gasteiger partial charge is 0.383 e. The van der Waals surface area contributed by atoms with Gasteiger partial charge in [-0.05, 0) is 88.9 Å². The van der Waals surface area contributed by atoms with E-state index in [0.717, 1.165) is 112 Å². The first-order valence-corrected chi connectivity index (χ1v) is 29.7. The number of rotatable bonds is 40. The van der Waals surface area contributed by atoms with E-state index in [9.17, 15) is 4.79 Å². The van der Waals surface area contributed by atoms with Gasteiger partial charge in [0.05, 0.1) is 134 Å². The molecule has 3 N–H and O–H groups in total. The van der Waals surface area contributed by atoms with Gasteiger partial charge in [-0.1, -0.05) is 36.9 Å². The number of piperidine rings is 2. The molecule has 424 valence electrons. The number of nitrogens with zero attached hydrogens (tertiary/aromatic N) is 7. The Kier molecular flexibility index (Phi) is 30.2. The zero-order valence-corrected chi connectivity index (χ0v) is 47.4. The number of imidazole rings is 1. The molecule has 1 amide bonds. The number of methoxy groups -OCH3 is 1. The molecule has 0 atom stereocenters. The lowest BCUT2D eigenvalue weighted by atomic mass is 9.95. The Hall–Kier alpha value is -3.60. The average Bonchev–Trinajstić information content (AvgIpc) is 4.06. The number of aryl methyl sites for hydroxylation is 1. The molecule has 6 heterocycles. The molecule has 0 saturated carbocycles. The summed E-state index contributed by atoms with van der Waals surface area (Å²) in [6.07, 6.45) is 15.0. The number of carbonyl (C=O) groups is 1. The first-order chi connectivity index (χ1) is 37.4. The van der Waals surface area contributed by atoms with Gasteiger partial charge in [0, 0.05) is 69.8 Å².